The molecule has 13 aromatic rings. The second kappa shape index (κ2) is 61.3. The number of piperidine rings is 1. The summed E-state index contributed by atoms with van der Waals surface area (Å²) in [5, 5.41) is 32.7. The standard InChI is InChI=1S/C22H30I.2C18H15S.2C12H15OS.C7H10F6N2O5S2.C6H11NO2.2C6H5NO2.C5H4N2O2/c1-7-21(3,4)17-9-13-19(14-10-17)23-20-15-11-18(12-16-20)22(5,6)8-2;2*1-4-10-16(11-5-1)19(17-12-6-2-7-13-17)18-14-8-3-9-15-18;2*13-12(10-14-8-4-5-9-14)11-6-2-1-3-7-11;8-5(9,7(12,13)22(18,19)20)6(10,11)21(16,17)15-3-1-14-2-4-15;8-6(9)5-1-3-7-4-2-5;2*8-6(9)5-2-1-3-7-4-5;8-5(9)4-1-6-3-7-2-4/h9-16H,7-8H2,1-6H3;2*1-15H;2*1-3,6-7H,4-5,8-10H2;14H,1-4H2,(H,18,19,20);5,7H,1-4H2,(H,8,9);2*1-4H,(H,8,9);1-3H,(H,8,9)/q5*+1;;;;;/p-4. The molecule has 10 aromatic carbocycles. The average Bonchev–Trinajstić information content (AvgIpc) is 0.908. The van der Waals surface area contributed by atoms with Gasteiger partial charge in [-0.15, -0.1) is 0 Å². The van der Waals surface area contributed by atoms with Crippen LogP contribution in [0.1, 0.15) is 156 Å². The summed E-state index contributed by atoms with van der Waals surface area (Å²) in [5.74, 6) is -4.30. The first-order valence-electron chi connectivity index (χ1n) is 47.2. The lowest BCUT2D eigenvalue weighted by molar-refractivity contribution is -0.597. The number of carboxylic acids is 4. The Balaban J connectivity index is 0.000000203. The smallest absolute Gasteiger partial charge is 0.439 e. The highest BCUT2D eigenvalue weighted by Gasteiger charge is 2.82. The van der Waals surface area contributed by atoms with Crippen molar-refractivity contribution in [2.45, 2.75) is 150 Å². The molecule has 7 heterocycles. The van der Waals surface area contributed by atoms with E-state index in [9.17, 15) is 92.4 Å². The summed E-state index contributed by atoms with van der Waals surface area (Å²) in [5.41, 5.74) is 5.45. The first-order chi connectivity index (χ1) is 70.2. The van der Waals surface area contributed by atoms with Gasteiger partial charge in [-0.25, -0.2) is 18.4 Å². The van der Waals surface area contributed by atoms with Crippen LogP contribution in [0, 0.1) is 13.1 Å². The number of alkyl halides is 6. The quantitative estimate of drug-likeness (QED) is 0.0141. The molecule has 4 fully saturated rings. The lowest BCUT2D eigenvalue weighted by Gasteiger charge is -2.35. The minimum Gasteiger partial charge on any atom is -0.550 e. The molecule has 4 saturated heterocycles. The third kappa shape index (κ3) is 38.7. The van der Waals surface area contributed by atoms with Crippen LogP contribution < -0.4 is 52.3 Å². The Bertz CT molecular complexity index is 5790. The Morgan fingerprint density at radius 3 is 0.912 bits per heavy atom. The molecule has 4 aliphatic heterocycles. The number of sulfonamides is 1. The van der Waals surface area contributed by atoms with Crippen molar-refractivity contribution in [1.82, 2.24) is 34.9 Å². The van der Waals surface area contributed by atoms with Gasteiger partial charge in [-0.2, -0.15) is 39.1 Å². The van der Waals surface area contributed by atoms with Crippen LogP contribution in [0.25, 0.3) is 0 Å². The molecule has 0 amide bonds. The second-order valence-electron chi connectivity index (χ2n) is 34.4. The van der Waals surface area contributed by atoms with Crippen LogP contribution >= 0.6 is 0 Å². The molecule has 0 atom stereocenters. The zero-order chi connectivity index (χ0) is 107. The lowest BCUT2D eigenvalue weighted by Crippen LogP contribution is -3.61. The summed E-state index contributed by atoms with van der Waals surface area (Å²) >= 11 is -0.0793. The maximum absolute atomic E-state index is 13.5. The minimum atomic E-state index is -6.99. The molecule has 0 unspecified atom stereocenters. The number of carbonyl (C=O) groups excluding carboxylic acids is 6. The number of nitrogens with zero attached hydrogens (tertiary/aromatic N) is 5. The number of carbonyl (C=O) groups is 6. The number of aromatic carboxylic acids is 3. The maximum atomic E-state index is 13.5. The fourth-order valence-electron chi connectivity index (χ4n) is 14.1. The third-order valence-corrected chi connectivity index (χ3v) is 38.1. The first kappa shape index (κ1) is 120. The van der Waals surface area contributed by atoms with Gasteiger partial charge in [0.05, 0.1) is 39.7 Å². The predicted molar refractivity (Wildman–Crippen MR) is 558 cm³/mol. The van der Waals surface area contributed by atoms with Crippen molar-refractivity contribution >= 4 is 99.2 Å². The van der Waals surface area contributed by atoms with E-state index >= 15 is 0 Å². The molecule has 0 bridgehead atoms. The highest BCUT2D eigenvalue weighted by Crippen LogP contribution is 2.51. The van der Waals surface area contributed by atoms with Crippen molar-refractivity contribution in [2.24, 2.45) is 5.92 Å². The Hall–Kier alpha value is -11.8. The van der Waals surface area contributed by atoms with Crippen molar-refractivity contribution in [3.8, 4) is 0 Å². The number of nitrogens with one attached hydrogen (secondary N) is 2. The first-order valence-corrected chi connectivity index (χ1v) is 58.2. The number of ketones is 2. The Morgan fingerprint density at radius 2 is 0.667 bits per heavy atom. The monoisotopic (exact) mass is 2240 g/mol. The van der Waals surface area contributed by atoms with Crippen molar-refractivity contribution in [3.63, 3.8) is 0 Å². The summed E-state index contributed by atoms with van der Waals surface area (Å²) in [4.78, 5) is 86.2. The fraction of sp³-hybridized carbons (Fsp3) is 0.286. The number of aliphatic carboxylic acids is 1. The van der Waals surface area contributed by atoms with Gasteiger partial charge in [0.1, 0.15) is 29.3 Å². The number of hydrogen-bond donors (Lipinski definition) is 3. The third-order valence-electron chi connectivity index (χ3n) is 23.3. The number of pyridine rings is 2. The summed E-state index contributed by atoms with van der Waals surface area (Å²) < 4.78 is 134. The second-order valence-corrected chi connectivity index (χ2v) is 49.6. The summed E-state index contributed by atoms with van der Waals surface area (Å²) in [6.07, 6.45) is 18.2. The number of hydrogen-bond acceptors (Lipinski definition) is 20. The van der Waals surface area contributed by atoms with Gasteiger partial charge in [0.25, 0.3) is 10.0 Å². The number of Topliss-reactive ketones (excluding diaryl/α,β-unsaturated/α-hetero) is 2. The molecule has 0 spiro atoms. The largest absolute Gasteiger partial charge is 0.550 e. The van der Waals surface area contributed by atoms with Gasteiger partial charge < -0.3 is 50.2 Å². The summed E-state index contributed by atoms with van der Waals surface area (Å²) in [7, 11) is -12.5. The lowest BCUT2D eigenvalue weighted by atomic mass is 9.82. The number of piperazine rings is 1. The van der Waals surface area contributed by atoms with E-state index in [1.807, 2.05) is 60.7 Å². The average molecular weight is 2240 g/mol. The number of carboxylic acid groups (broad SMARTS) is 4. The van der Waals surface area contributed by atoms with Crippen LogP contribution in [0.4, 0.5) is 26.3 Å². The van der Waals surface area contributed by atoms with Gasteiger partial charge >= 0.3 is 47.8 Å². The Morgan fingerprint density at radius 1 is 0.388 bits per heavy atom. The highest BCUT2D eigenvalue weighted by atomic mass is 127. The summed E-state index contributed by atoms with van der Waals surface area (Å²) in [6.45, 7) is 13.7. The van der Waals surface area contributed by atoms with Crippen molar-refractivity contribution in [1.29, 1.82) is 0 Å². The molecule has 4 aliphatic rings. The maximum Gasteiger partial charge on any atom is 0.439 e. The SMILES string of the molecule is CCC(C)(C)c1ccc([I+]c2ccc(C(C)(C)CC)cc2)cc1.O=C(C[S+]1CCCC1)c1ccccc1.O=C(C[S+]1CCCC1)c1ccccc1.O=C([O-])C1CCNCC1.O=C([O-])c1cccnc1.O=C([O-])c1cccnc1.O=C([O-])c1cncnc1.O=S(=O)(O)C(F)(F)C(F)(F)C(F)(F)S(=O)(=O)N1CCNCC1.c1ccc([S+](c2ccccc2)c2ccccc2)cc1.c1ccc([S+](c2ccccc2)c2ccccc2)cc1. The highest BCUT2D eigenvalue weighted by molar-refractivity contribution is 7.98. The van der Waals surface area contributed by atoms with Crippen LogP contribution in [-0.2, 0) is 79.3 Å². The predicted octanol–water partition coefficient (Wildman–Crippen LogP) is 13.7. The topological polar surface area (TPSA) is 362 Å². The normalized spacial score (nSPS) is 13.9. The van der Waals surface area contributed by atoms with Crippen molar-refractivity contribution in [2.75, 3.05) is 73.8 Å². The fourth-order valence-corrected chi connectivity index (χ4v) is 26.9. The van der Waals surface area contributed by atoms with E-state index < -0.39 is 73.5 Å². The molecule has 147 heavy (non-hydrogen) atoms. The van der Waals surface area contributed by atoms with E-state index in [4.69, 9.17) is 4.55 Å². The molecular formula is C112H121F6IN7O15S6+. The number of halogens is 7. The number of aromatic nitrogens is 4. The number of rotatable bonds is 27. The zero-order valence-electron chi connectivity index (χ0n) is 82.3. The van der Waals surface area contributed by atoms with Gasteiger partial charge in [-0.05, 0) is 217 Å². The Kier molecular flexibility index (Phi) is 50.2. The molecule has 3 aromatic heterocycles. The van der Waals surface area contributed by atoms with Crippen molar-refractivity contribution < 1.29 is 118 Å². The zero-order valence-corrected chi connectivity index (χ0v) is 89.3. The molecule has 0 saturated carbocycles. The van der Waals surface area contributed by atoms with E-state index in [-0.39, 0.29) is 93.8 Å². The van der Waals surface area contributed by atoms with Gasteiger partial charge in [-0.3, -0.25) is 24.1 Å². The number of benzene rings is 10. The Labute approximate surface area is 879 Å². The summed E-state index contributed by atoms with van der Waals surface area (Å²) in [6, 6.07) is 108. The van der Waals surface area contributed by atoms with Crippen molar-refractivity contribution in [3.05, 3.63) is 405 Å². The van der Waals surface area contributed by atoms with Crippen LogP contribution in [0.2, 0.25) is 0 Å². The van der Waals surface area contributed by atoms with Crippen LogP contribution in [0.15, 0.2) is 388 Å². The molecule has 22 nitrogen and oxygen atoms in total. The van der Waals surface area contributed by atoms with E-state index in [1.54, 1.807) is 12.1 Å². The minimum absolute atomic E-state index is 0.00231. The van der Waals surface area contributed by atoms with E-state index in [1.165, 1.54) is 165 Å². The van der Waals surface area contributed by atoms with Gasteiger partial charge in [-0.1, -0.05) is 248 Å². The molecule has 0 aliphatic carbocycles. The van der Waals surface area contributed by atoms with Crippen LogP contribution in [-0.4, -0.2) is 171 Å². The van der Waals surface area contributed by atoms with Gasteiger partial charge in [0.15, 0.2) is 48.0 Å². The van der Waals surface area contributed by atoms with E-state index in [0.717, 1.165) is 48.6 Å². The van der Waals surface area contributed by atoms with Gasteiger partial charge in [0.2, 0.25) is 11.6 Å². The molecule has 17 rings (SSSR count). The van der Waals surface area contributed by atoms with Gasteiger partial charge in [0, 0.05) is 103 Å². The van der Waals surface area contributed by atoms with Crippen LogP contribution in [0.3, 0.4) is 0 Å². The van der Waals surface area contributed by atoms with E-state index in [2.05, 4.69) is 303 Å². The molecule has 35 heteroatoms. The molecular weight excluding hydrogens is 2120 g/mol. The van der Waals surface area contributed by atoms with E-state index in [0.29, 0.717) is 33.4 Å². The molecule has 3 N–H and O–H groups in total. The molecule has 0 radical (unpaired) electrons. The molecule has 778 valence electrons. The van der Waals surface area contributed by atoms with Crippen LogP contribution in [0.5, 0.6) is 0 Å².